The average molecular weight is 415 g/mol. The normalized spacial score (nSPS) is 12.2. The third kappa shape index (κ3) is 5.39. The first-order valence-corrected chi connectivity index (χ1v) is 8.53. The molecule has 0 unspecified atom stereocenters. The Bertz CT molecular complexity index is 885. The predicted octanol–water partition coefficient (Wildman–Crippen LogP) is 4.61. The second-order valence-corrected chi connectivity index (χ2v) is 6.58. The van der Waals surface area contributed by atoms with Gasteiger partial charge in [-0.05, 0) is 43.3 Å². The number of nitrogens with one attached hydrogen (secondary N) is 1. The van der Waals surface area contributed by atoms with Crippen LogP contribution < -0.4 is 10.2 Å². The van der Waals surface area contributed by atoms with Crippen LogP contribution in [0.15, 0.2) is 42.5 Å². The van der Waals surface area contributed by atoms with E-state index in [1.807, 2.05) is 0 Å². The Morgan fingerprint density at radius 1 is 1.14 bits per heavy atom. The Balaban J connectivity index is 2.09. The highest BCUT2D eigenvalue weighted by Gasteiger charge is 2.31. The number of nitrogens with zero attached hydrogens (tertiary/aromatic N) is 1. The van der Waals surface area contributed by atoms with Gasteiger partial charge in [-0.15, -0.1) is 0 Å². The number of halogens is 4. The van der Waals surface area contributed by atoms with Crippen LogP contribution in [-0.4, -0.2) is 32.1 Å². The molecule has 0 aromatic heterocycles. The van der Waals surface area contributed by atoms with E-state index in [9.17, 15) is 22.8 Å². The Kier molecular flexibility index (Phi) is 6.56. The zero-order valence-corrected chi connectivity index (χ0v) is 16.1. The fourth-order valence-corrected chi connectivity index (χ4v) is 2.39. The van der Waals surface area contributed by atoms with Gasteiger partial charge in [0.2, 0.25) is 0 Å². The van der Waals surface area contributed by atoms with Crippen molar-refractivity contribution in [3.8, 4) is 0 Å². The number of ether oxygens (including phenoxy) is 1. The third-order valence-corrected chi connectivity index (χ3v) is 4.13. The SMILES string of the molecule is C[C@@H](OC(=O)c1cccc(N(C)C)c1)C(=O)Nc1cc(C(F)(F)F)ccc1Cl. The van der Waals surface area contributed by atoms with Gasteiger partial charge in [0.05, 0.1) is 21.8 Å². The van der Waals surface area contributed by atoms with Gasteiger partial charge in [0, 0.05) is 19.8 Å². The number of hydrogen-bond acceptors (Lipinski definition) is 4. The van der Waals surface area contributed by atoms with Crippen molar-refractivity contribution in [3.63, 3.8) is 0 Å². The van der Waals surface area contributed by atoms with Gasteiger partial charge in [-0.3, -0.25) is 4.79 Å². The van der Waals surface area contributed by atoms with E-state index in [1.54, 1.807) is 37.2 Å². The van der Waals surface area contributed by atoms with Gasteiger partial charge in [-0.2, -0.15) is 13.2 Å². The van der Waals surface area contributed by atoms with Crippen LogP contribution in [0.2, 0.25) is 5.02 Å². The first kappa shape index (κ1) is 21.6. The van der Waals surface area contributed by atoms with Crippen molar-refractivity contribution in [3.05, 3.63) is 58.6 Å². The maximum Gasteiger partial charge on any atom is 0.416 e. The zero-order chi connectivity index (χ0) is 21.1. The summed E-state index contributed by atoms with van der Waals surface area (Å²) in [4.78, 5) is 26.3. The summed E-state index contributed by atoms with van der Waals surface area (Å²) >= 11 is 5.85. The van der Waals surface area contributed by atoms with Gasteiger partial charge < -0.3 is 15.0 Å². The van der Waals surface area contributed by atoms with Crippen LogP contribution in [0.3, 0.4) is 0 Å². The highest BCUT2D eigenvalue weighted by molar-refractivity contribution is 6.33. The van der Waals surface area contributed by atoms with E-state index in [0.29, 0.717) is 0 Å². The summed E-state index contributed by atoms with van der Waals surface area (Å²) in [6.45, 7) is 1.31. The minimum atomic E-state index is -4.58. The van der Waals surface area contributed by atoms with Gasteiger partial charge in [-0.1, -0.05) is 17.7 Å². The second-order valence-electron chi connectivity index (χ2n) is 6.17. The molecule has 1 atom stereocenters. The van der Waals surface area contributed by atoms with Gasteiger partial charge in [0.15, 0.2) is 6.10 Å². The minimum absolute atomic E-state index is 0.0708. The molecule has 2 rings (SSSR count). The van der Waals surface area contributed by atoms with Crippen molar-refractivity contribution in [2.75, 3.05) is 24.3 Å². The summed E-state index contributed by atoms with van der Waals surface area (Å²) in [5.74, 6) is -1.54. The lowest BCUT2D eigenvalue weighted by Gasteiger charge is -2.16. The molecule has 150 valence electrons. The summed E-state index contributed by atoms with van der Waals surface area (Å²) in [7, 11) is 3.61. The lowest BCUT2D eigenvalue weighted by Crippen LogP contribution is -2.30. The summed E-state index contributed by atoms with van der Waals surface area (Å²) < 4.78 is 43.6. The molecule has 1 amide bonds. The van der Waals surface area contributed by atoms with Crippen LogP contribution in [0.4, 0.5) is 24.5 Å². The summed E-state index contributed by atoms with van der Waals surface area (Å²) in [5, 5.41) is 2.18. The van der Waals surface area contributed by atoms with Crippen LogP contribution in [0.25, 0.3) is 0 Å². The van der Waals surface area contributed by atoms with Crippen LogP contribution in [0.5, 0.6) is 0 Å². The quantitative estimate of drug-likeness (QED) is 0.726. The predicted molar refractivity (Wildman–Crippen MR) is 101 cm³/mol. The van der Waals surface area contributed by atoms with E-state index in [4.69, 9.17) is 16.3 Å². The molecule has 5 nitrogen and oxygen atoms in total. The summed E-state index contributed by atoms with van der Waals surface area (Å²) in [6.07, 6.45) is -5.83. The second kappa shape index (κ2) is 8.52. The minimum Gasteiger partial charge on any atom is -0.449 e. The first-order chi connectivity index (χ1) is 13.0. The number of carbonyl (C=O) groups excluding carboxylic acids is 2. The molecule has 1 N–H and O–H groups in total. The Labute approximate surface area is 165 Å². The van der Waals surface area contributed by atoms with Crippen LogP contribution >= 0.6 is 11.6 Å². The number of alkyl halides is 3. The van der Waals surface area contributed by atoms with E-state index >= 15 is 0 Å². The van der Waals surface area contributed by atoms with Crippen molar-refractivity contribution >= 4 is 34.9 Å². The molecule has 0 radical (unpaired) electrons. The van der Waals surface area contributed by atoms with Gasteiger partial charge in [-0.25, -0.2) is 4.79 Å². The van der Waals surface area contributed by atoms with Crippen molar-refractivity contribution in [2.45, 2.75) is 19.2 Å². The van der Waals surface area contributed by atoms with Crippen molar-refractivity contribution in [1.82, 2.24) is 0 Å². The largest absolute Gasteiger partial charge is 0.449 e. The monoisotopic (exact) mass is 414 g/mol. The van der Waals surface area contributed by atoms with Crippen LogP contribution in [0, 0.1) is 0 Å². The maximum atomic E-state index is 12.8. The number of anilines is 2. The highest BCUT2D eigenvalue weighted by Crippen LogP contribution is 2.33. The number of amides is 1. The van der Waals surface area contributed by atoms with Gasteiger partial charge in [0.25, 0.3) is 5.91 Å². The Morgan fingerprint density at radius 2 is 1.82 bits per heavy atom. The van der Waals surface area contributed by atoms with Crippen molar-refractivity contribution < 1.29 is 27.5 Å². The molecule has 0 aliphatic carbocycles. The molecule has 0 bridgehead atoms. The number of esters is 1. The molecule has 2 aromatic carbocycles. The maximum absolute atomic E-state index is 12.8. The Hall–Kier alpha value is -2.74. The fraction of sp³-hybridized carbons (Fsp3) is 0.263. The van der Waals surface area contributed by atoms with E-state index < -0.39 is 29.7 Å². The summed E-state index contributed by atoms with van der Waals surface area (Å²) in [6, 6.07) is 9.14. The third-order valence-electron chi connectivity index (χ3n) is 3.80. The molecular weight excluding hydrogens is 397 g/mol. The molecular formula is C19H18ClF3N2O3. The number of carbonyl (C=O) groups is 2. The van der Waals surface area contributed by atoms with E-state index in [-0.39, 0.29) is 16.3 Å². The van der Waals surface area contributed by atoms with Gasteiger partial charge >= 0.3 is 12.1 Å². The molecule has 0 aliphatic rings. The standard InChI is InChI=1S/C19H18ClF3N2O3/c1-11(28-18(27)12-5-4-6-14(9-12)25(2)3)17(26)24-16-10-13(19(21,22)23)7-8-15(16)20/h4-11H,1-3H3,(H,24,26)/t11-/m1/s1. The number of hydrogen-bond donors (Lipinski definition) is 1. The molecule has 0 saturated carbocycles. The smallest absolute Gasteiger partial charge is 0.416 e. The molecule has 2 aromatic rings. The molecule has 0 spiro atoms. The molecule has 0 heterocycles. The molecule has 28 heavy (non-hydrogen) atoms. The van der Waals surface area contributed by atoms with Crippen molar-refractivity contribution in [2.24, 2.45) is 0 Å². The molecule has 0 fully saturated rings. The zero-order valence-electron chi connectivity index (χ0n) is 15.3. The topological polar surface area (TPSA) is 58.6 Å². The number of rotatable bonds is 5. The lowest BCUT2D eigenvalue weighted by molar-refractivity contribution is -0.137. The lowest BCUT2D eigenvalue weighted by atomic mass is 10.2. The van der Waals surface area contributed by atoms with E-state index in [2.05, 4.69) is 5.32 Å². The Morgan fingerprint density at radius 3 is 2.43 bits per heavy atom. The molecule has 0 saturated heterocycles. The molecule has 9 heteroatoms. The van der Waals surface area contributed by atoms with Crippen molar-refractivity contribution in [1.29, 1.82) is 0 Å². The number of benzene rings is 2. The first-order valence-electron chi connectivity index (χ1n) is 8.15. The molecule has 0 aliphatic heterocycles. The van der Waals surface area contributed by atoms with E-state index in [0.717, 1.165) is 23.9 Å². The van der Waals surface area contributed by atoms with Gasteiger partial charge in [0.1, 0.15) is 0 Å². The van der Waals surface area contributed by atoms with Crippen LogP contribution in [-0.2, 0) is 15.7 Å². The average Bonchev–Trinajstić information content (AvgIpc) is 2.62. The van der Waals surface area contributed by atoms with E-state index in [1.165, 1.54) is 13.0 Å². The fourth-order valence-electron chi connectivity index (χ4n) is 2.22. The van der Waals surface area contributed by atoms with Crippen LogP contribution in [0.1, 0.15) is 22.8 Å². The summed E-state index contributed by atoms with van der Waals surface area (Å²) in [5.41, 5.74) is -0.179. The highest BCUT2D eigenvalue weighted by atomic mass is 35.5.